The van der Waals surface area contributed by atoms with Crippen LogP contribution in [0, 0.1) is 0 Å². The van der Waals surface area contributed by atoms with Gasteiger partial charge in [-0.25, -0.2) is 0 Å². The molecule has 5 heteroatoms. The smallest absolute Gasteiger partial charge is 0.0804 e. The summed E-state index contributed by atoms with van der Waals surface area (Å²) in [5.74, 6) is 0. The Balaban J connectivity index is 2.16. The lowest BCUT2D eigenvalue weighted by Gasteiger charge is -2.19. The quantitative estimate of drug-likeness (QED) is 0.785. The van der Waals surface area contributed by atoms with E-state index in [1.807, 2.05) is 18.3 Å². The molecule has 1 N–H and O–H groups in total. The molecule has 0 aliphatic rings. The number of aromatic nitrogens is 3. The summed E-state index contributed by atoms with van der Waals surface area (Å²) in [7, 11) is 0. The van der Waals surface area contributed by atoms with Crippen LogP contribution in [0.1, 0.15) is 36.0 Å². The highest BCUT2D eigenvalue weighted by Crippen LogP contribution is 2.31. The van der Waals surface area contributed by atoms with Gasteiger partial charge in [0.2, 0.25) is 0 Å². The molecule has 4 nitrogen and oxygen atoms in total. The van der Waals surface area contributed by atoms with Crippen LogP contribution in [0.4, 0.5) is 0 Å². The number of hydrogen-bond acceptors (Lipinski definition) is 5. The monoisotopic (exact) mass is 298 g/mol. The van der Waals surface area contributed by atoms with Crippen LogP contribution < -0.4 is 5.32 Å². The normalized spacial score (nSPS) is 12.7. The van der Waals surface area contributed by atoms with Crippen LogP contribution in [0.3, 0.4) is 0 Å². The van der Waals surface area contributed by atoms with Gasteiger partial charge in [0.25, 0.3) is 0 Å². The average Bonchev–Trinajstić information content (AvgIpc) is 3.00. The van der Waals surface area contributed by atoms with Crippen LogP contribution in [-0.2, 0) is 6.42 Å². The fourth-order valence-corrected chi connectivity index (χ4v) is 3.44. The predicted molar refractivity (Wildman–Crippen MR) is 86.5 cm³/mol. The third kappa shape index (κ3) is 2.66. The number of hydrogen-bond donors (Lipinski definition) is 1. The summed E-state index contributed by atoms with van der Waals surface area (Å²) >= 11 is 1.48. The van der Waals surface area contributed by atoms with Crippen molar-refractivity contribution in [3.8, 4) is 0 Å². The molecule has 0 fully saturated rings. The van der Waals surface area contributed by atoms with E-state index in [9.17, 15) is 0 Å². The van der Waals surface area contributed by atoms with Crippen molar-refractivity contribution in [3.63, 3.8) is 0 Å². The van der Waals surface area contributed by atoms with Gasteiger partial charge in [0.05, 0.1) is 22.1 Å². The summed E-state index contributed by atoms with van der Waals surface area (Å²) in [6.07, 6.45) is 2.73. The number of nitrogens with zero attached hydrogens (tertiary/aromatic N) is 3. The molecule has 0 spiro atoms. The summed E-state index contributed by atoms with van der Waals surface area (Å²) < 4.78 is 4.14. The summed E-state index contributed by atoms with van der Waals surface area (Å²) in [5, 5.41) is 9.01. The SMILES string of the molecule is CCNC(c1snnc1CC)c1cccc2ncccc12. The van der Waals surface area contributed by atoms with Crippen LogP contribution in [-0.4, -0.2) is 21.1 Å². The Morgan fingerprint density at radius 1 is 1.19 bits per heavy atom. The number of aryl methyl sites for hydroxylation is 1. The van der Waals surface area contributed by atoms with Gasteiger partial charge < -0.3 is 5.32 Å². The molecule has 0 bridgehead atoms. The summed E-state index contributed by atoms with van der Waals surface area (Å²) in [4.78, 5) is 5.66. The fourth-order valence-electron chi connectivity index (χ4n) is 2.61. The summed E-state index contributed by atoms with van der Waals surface area (Å²) in [5.41, 5.74) is 3.34. The minimum absolute atomic E-state index is 0.123. The second-order valence-corrected chi connectivity index (χ2v) is 5.63. The molecule has 0 aliphatic heterocycles. The van der Waals surface area contributed by atoms with E-state index in [-0.39, 0.29) is 6.04 Å². The number of fused-ring (bicyclic) bond motifs is 1. The Labute approximate surface area is 128 Å². The van der Waals surface area contributed by atoms with E-state index in [1.165, 1.54) is 27.4 Å². The van der Waals surface area contributed by atoms with Crippen LogP contribution in [0.25, 0.3) is 10.9 Å². The van der Waals surface area contributed by atoms with Crippen LogP contribution in [0.2, 0.25) is 0 Å². The molecule has 1 unspecified atom stereocenters. The minimum Gasteiger partial charge on any atom is -0.306 e. The Hall–Kier alpha value is -1.85. The van der Waals surface area contributed by atoms with E-state index < -0.39 is 0 Å². The Morgan fingerprint density at radius 3 is 2.90 bits per heavy atom. The zero-order valence-corrected chi connectivity index (χ0v) is 13.0. The molecule has 2 aromatic heterocycles. The maximum atomic E-state index is 4.45. The first kappa shape index (κ1) is 14.1. The van der Waals surface area contributed by atoms with Crippen molar-refractivity contribution < 1.29 is 0 Å². The summed E-state index contributed by atoms with van der Waals surface area (Å²) in [6, 6.07) is 10.5. The molecular formula is C16H18N4S. The molecule has 1 atom stereocenters. The first-order chi connectivity index (χ1) is 10.3. The zero-order chi connectivity index (χ0) is 14.7. The second-order valence-electron chi connectivity index (χ2n) is 4.85. The summed E-state index contributed by atoms with van der Waals surface area (Å²) in [6.45, 7) is 5.13. The van der Waals surface area contributed by atoms with Gasteiger partial charge in [-0.1, -0.05) is 36.5 Å². The molecule has 21 heavy (non-hydrogen) atoms. The molecule has 0 amide bonds. The topological polar surface area (TPSA) is 50.7 Å². The number of benzene rings is 1. The molecule has 108 valence electrons. The molecule has 3 aromatic rings. The first-order valence-electron chi connectivity index (χ1n) is 7.23. The van der Waals surface area contributed by atoms with E-state index in [0.717, 1.165) is 24.2 Å². The third-order valence-corrected chi connectivity index (χ3v) is 4.41. The van der Waals surface area contributed by atoms with Gasteiger partial charge in [-0.2, -0.15) is 0 Å². The highest BCUT2D eigenvalue weighted by molar-refractivity contribution is 7.05. The van der Waals surface area contributed by atoms with E-state index in [0.29, 0.717) is 0 Å². The minimum atomic E-state index is 0.123. The molecule has 2 heterocycles. The lowest BCUT2D eigenvalue weighted by atomic mass is 9.98. The van der Waals surface area contributed by atoms with E-state index in [1.54, 1.807) is 0 Å². The van der Waals surface area contributed by atoms with Gasteiger partial charge >= 0.3 is 0 Å². The number of nitrogens with one attached hydrogen (secondary N) is 1. The molecular weight excluding hydrogens is 280 g/mol. The first-order valence-corrected chi connectivity index (χ1v) is 8.00. The molecule has 3 rings (SSSR count). The highest BCUT2D eigenvalue weighted by atomic mass is 32.1. The number of rotatable bonds is 5. The third-order valence-electron chi connectivity index (χ3n) is 3.58. The van der Waals surface area contributed by atoms with Crippen molar-refractivity contribution in [3.05, 3.63) is 52.7 Å². The molecule has 0 saturated heterocycles. The number of pyridine rings is 1. The highest BCUT2D eigenvalue weighted by Gasteiger charge is 2.21. The van der Waals surface area contributed by atoms with Crippen LogP contribution in [0.15, 0.2) is 36.5 Å². The van der Waals surface area contributed by atoms with Gasteiger partial charge in [-0.05, 0) is 42.2 Å². The average molecular weight is 298 g/mol. The van der Waals surface area contributed by atoms with E-state index in [4.69, 9.17) is 0 Å². The van der Waals surface area contributed by atoms with Gasteiger partial charge in [0.15, 0.2) is 0 Å². The second kappa shape index (κ2) is 6.28. The van der Waals surface area contributed by atoms with Crippen LogP contribution >= 0.6 is 11.5 Å². The van der Waals surface area contributed by atoms with E-state index >= 15 is 0 Å². The largest absolute Gasteiger partial charge is 0.306 e. The van der Waals surface area contributed by atoms with Crippen molar-refractivity contribution in [2.45, 2.75) is 26.3 Å². The van der Waals surface area contributed by atoms with Gasteiger partial charge in [-0.15, -0.1) is 5.10 Å². The Bertz CT molecular complexity index is 732. The lowest BCUT2D eigenvalue weighted by molar-refractivity contribution is 0.636. The standard InChI is InChI=1S/C16H18N4S/c1-3-13-16(21-20-19-13)15(17-4-2)12-7-5-9-14-11(12)8-6-10-18-14/h5-10,15,17H,3-4H2,1-2H3. The predicted octanol–water partition coefficient (Wildman–Crippen LogP) is 3.35. The zero-order valence-electron chi connectivity index (χ0n) is 12.2. The maximum Gasteiger partial charge on any atom is 0.0804 e. The van der Waals surface area contributed by atoms with E-state index in [2.05, 4.69) is 51.9 Å². The lowest BCUT2D eigenvalue weighted by Crippen LogP contribution is -2.22. The molecule has 0 saturated carbocycles. The fraction of sp³-hybridized carbons (Fsp3) is 0.312. The molecule has 0 radical (unpaired) electrons. The van der Waals surface area contributed by atoms with Gasteiger partial charge in [0, 0.05) is 11.6 Å². The van der Waals surface area contributed by atoms with Crippen molar-refractivity contribution >= 4 is 22.4 Å². The van der Waals surface area contributed by atoms with Crippen molar-refractivity contribution in [2.24, 2.45) is 0 Å². The van der Waals surface area contributed by atoms with Crippen molar-refractivity contribution in [1.29, 1.82) is 0 Å². The van der Waals surface area contributed by atoms with Gasteiger partial charge in [0.1, 0.15) is 0 Å². The van der Waals surface area contributed by atoms with Crippen molar-refractivity contribution in [1.82, 2.24) is 19.9 Å². The molecule has 0 aliphatic carbocycles. The van der Waals surface area contributed by atoms with Gasteiger partial charge in [-0.3, -0.25) is 4.98 Å². The maximum absolute atomic E-state index is 4.45. The molecule has 1 aromatic carbocycles. The van der Waals surface area contributed by atoms with Crippen molar-refractivity contribution in [2.75, 3.05) is 6.54 Å². The Kier molecular flexibility index (Phi) is 4.22. The van der Waals surface area contributed by atoms with Crippen LogP contribution in [0.5, 0.6) is 0 Å². The Morgan fingerprint density at radius 2 is 2.10 bits per heavy atom.